The van der Waals surface area contributed by atoms with Crippen molar-refractivity contribution in [2.45, 2.75) is 84.7 Å². The van der Waals surface area contributed by atoms with Crippen molar-refractivity contribution < 1.29 is 14.3 Å². The number of ether oxygens (including phenoxy) is 2. The molecule has 0 radical (unpaired) electrons. The lowest BCUT2D eigenvalue weighted by molar-refractivity contribution is 0.0734. The first-order valence-electron chi connectivity index (χ1n) is 13.6. The molecule has 3 aromatic rings. The molecule has 4 heteroatoms. The Morgan fingerprint density at radius 1 is 0.722 bits per heavy atom. The molecule has 2 aromatic carbocycles. The maximum Gasteiger partial charge on any atom is 0.343 e. The maximum absolute atomic E-state index is 12.5. The van der Waals surface area contributed by atoms with Crippen molar-refractivity contribution in [2.75, 3.05) is 6.61 Å². The van der Waals surface area contributed by atoms with E-state index in [-0.39, 0.29) is 5.97 Å². The highest BCUT2D eigenvalue weighted by molar-refractivity contribution is 5.91. The van der Waals surface area contributed by atoms with Crippen LogP contribution < -0.4 is 4.74 Å². The van der Waals surface area contributed by atoms with Gasteiger partial charge in [-0.3, -0.25) is 4.98 Å². The molecule has 0 N–H and O–H groups in total. The minimum absolute atomic E-state index is 0.341. The average Bonchev–Trinajstić information content (AvgIpc) is 2.91. The standard InChI is InChI=1S/C32H41NO3/c1-3-5-7-8-9-11-23-35-25-27-15-22-31(33-24-27)28-18-20-30(21-19-28)36-32(34)29-16-13-26(14-17-29)12-10-6-4-2/h13-22,24H,3-12,23,25H2,1-2H3. The van der Waals surface area contributed by atoms with Crippen molar-refractivity contribution in [3.8, 4) is 17.0 Å². The van der Waals surface area contributed by atoms with E-state index in [0.717, 1.165) is 36.3 Å². The average molecular weight is 488 g/mol. The van der Waals surface area contributed by atoms with Crippen LogP contribution in [-0.2, 0) is 17.8 Å². The molecule has 0 fully saturated rings. The molecule has 192 valence electrons. The molecule has 0 saturated carbocycles. The van der Waals surface area contributed by atoms with E-state index in [0.29, 0.717) is 17.9 Å². The molecule has 0 amide bonds. The van der Waals surface area contributed by atoms with E-state index in [2.05, 4.69) is 24.9 Å². The third kappa shape index (κ3) is 9.58. The molecule has 0 unspecified atom stereocenters. The summed E-state index contributed by atoms with van der Waals surface area (Å²) in [6, 6.07) is 19.3. The highest BCUT2D eigenvalue weighted by Gasteiger charge is 2.09. The second-order valence-electron chi connectivity index (χ2n) is 9.44. The zero-order chi connectivity index (χ0) is 25.4. The zero-order valence-corrected chi connectivity index (χ0v) is 22.0. The van der Waals surface area contributed by atoms with E-state index >= 15 is 0 Å². The molecule has 0 aliphatic rings. The summed E-state index contributed by atoms with van der Waals surface area (Å²) in [7, 11) is 0. The predicted octanol–water partition coefficient (Wildman–Crippen LogP) is 8.58. The summed E-state index contributed by atoms with van der Waals surface area (Å²) in [6.45, 7) is 5.84. The maximum atomic E-state index is 12.5. The van der Waals surface area contributed by atoms with Crippen molar-refractivity contribution in [2.24, 2.45) is 0 Å². The van der Waals surface area contributed by atoms with Crippen LogP contribution in [0.5, 0.6) is 5.75 Å². The van der Waals surface area contributed by atoms with Gasteiger partial charge in [-0.05, 0) is 72.9 Å². The summed E-state index contributed by atoms with van der Waals surface area (Å²) in [4.78, 5) is 17.1. The molecule has 1 aromatic heterocycles. The van der Waals surface area contributed by atoms with Crippen LogP contribution >= 0.6 is 0 Å². The lowest BCUT2D eigenvalue weighted by Gasteiger charge is -2.08. The van der Waals surface area contributed by atoms with Gasteiger partial charge in [0.05, 0.1) is 17.9 Å². The fraction of sp³-hybridized carbons (Fsp3) is 0.438. The first-order chi connectivity index (χ1) is 17.7. The number of unbranched alkanes of at least 4 members (excludes halogenated alkanes) is 7. The summed E-state index contributed by atoms with van der Waals surface area (Å²) in [5, 5.41) is 0. The highest BCUT2D eigenvalue weighted by Crippen LogP contribution is 2.22. The number of carbonyl (C=O) groups is 1. The molecule has 0 aliphatic heterocycles. The molecular formula is C32H41NO3. The van der Waals surface area contributed by atoms with Crippen molar-refractivity contribution in [3.05, 3.63) is 83.6 Å². The summed E-state index contributed by atoms with van der Waals surface area (Å²) in [5.41, 5.74) is 4.75. The minimum Gasteiger partial charge on any atom is -0.423 e. The molecule has 0 bridgehead atoms. The molecule has 4 nitrogen and oxygen atoms in total. The molecular weight excluding hydrogens is 446 g/mol. The number of hydrogen-bond donors (Lipinski definition) is 0. The number of rotatable bonds is 16. The van der Waals surface area contributed by atoms with E-state index in [4.69, 9.17) is 9.47 Å². The van der Waals surface area contributed by atoms with Gasteiger partial charge in [0.25, 0.3) is 0 Å². The first kappa shape index (κ1) is 27.6. The number of esters is 1. The molecule has 3 rings (SSSR count). The Kier molecular flexibility index (Phi) is 12.2. The summed E-state index contributed by atoms with van der Waals surface area (Å²) >= 11 is 0. The van der Waals surface area contributed by atoms with Gasteiger partial charge in [-0.2, -0.15) is 0 Å². The van der Waals surface area contributed by atoms with Crippen LogP contribution in [0.3, 0.4) is 0 Å². The fourth-order valence-corrected chi connectivity index (χ4v) is 4.10. The topological polar surface area (TPSA) is 48.4 Å². The van der Waals surface area contributed by atoms with Gasteiger partial charge in [0, 0.05) is 18.4 Å². The molecule has 0 atom stereocenters. The van der Waals surface area contributed by atoms with Crippen molar-refractivity contribution in [1.29, 1.82) is 0 Å². The summed E-state index contributed by atoms with van der Waals surface area (Å²) in [6.07, 6.45) is 14.2. The second kappa shape index (κ2) is 15.9. The summed E-state index contributed by atoms with van der Waals surface area (Å²) in [5.74, 6) is 0.182. The molecule has 0 spiro atoms. The molecule has 0 aliphatic carbocycles. The van der Waals surface area contributed by atoms with Crippen LogP contribution in [0.4, 0.5) is 0 Å². The van der Waals surface area contributed by atoms with Crippen LogP contribution in [0.1, 0.15) is 93.1 Å². The van der Waals surface area contributed by atoms with Gasteiger partial charge >= 0.3 is 5.97 Å². The lowest BCUT2D eigenvalue weighted by Crippen LogP contribution is -2.08. The largest absolute Gasteiger partial charge is 0.423 e. The first-order valence-corrected chi connectivity index (χ1v) is 13.6. The third-order valence-corrected chi connectivity index (χ3v) is 6.35. The highest BCUT2D eigenvalue weighted by atomic mass is 16.5. The Morgan fingerprint density at radius 3 is 2.08 bits per heavy atom. The van der Waals surface area contributed by atoms with E-state index < -0.39 is 0 Å². The van der Waals surface area contributed by atoms with Gasteiger partial charge in [0.1, 0.15) is 5.75 Å². The number of pyridine rings is 1. The Hall–Kier alpha value is -2.98. The number of carbonyl (C=O) groups excluding carboxylic acids is 1. The lowest BCUT2D eigenvalue weighted by atomic mass is 10.1. The van der Waals surface area contributed by atoms with Gasteiger partial charge in [-0.25, -0.2) is 4.79 Å². The fourth-order valence-electron chi connectivity index (χ4n) is 4.10. The third-order valence-electron chi connectivity index (χ3n) is 6.35. The van der Waals surface area contributed by atoms with E-state index in [1.807, 2.05) is 60.8 Å². The molecule has 1 heterocycles. The number of aryl methyl sites for hydroxylation is 1. The number of aromatic nitrogens is 1. The Balaban J connectivity index is 1.43. The van der Waals surface area contributed by atoms with Crippen molar-refractivity contribution in [1.82, 2.24) is 4.98 Å². The van der Waals surface area contributed by atoms with E-state index in [1.54, 1.807) is 0 Å². The van der Waals surface area contributed by atoms with Gasteiger partial charge < -0.3 is 9.47 Å². The predicted molar refractivity (Wildman–Crippen MR) is 147 cm³/mol. The Bertz CT molecular complexity index is 1010. The monoisotopic (exact) mass is 487 g/mol. The zero-order valence-electron chi connectivity index (χ0n) is 22.0. The van der Waals surface area contributed by atoms with Crippen LogP contribution in [0.15, 0.2) is 66.9 Å². The SMILES string of the molecule is CCCCCCCCOCc1ccc(-c2ccc(OC(=O)c3ccc(CCCCC)cc3)cc2)nc1. The van der Waals surface area contributed by atoms with Gasteiger partial charge in [0.2, 0.25) is 0 Å². The number of hydrogen-bond acceptors (Lipinski definition) is 4. The molecule has 0 saturated heterocycles. The minimum atomic E-state index is -0.341. The van der Waals surface area contributed by atoms with Gasteiger partial charge in [0.15, 0.2) is 0 Å². The second-order valence-corrected chi connectivity index (χ2v) is 9.44. The van der Waals surface area contributed by atoms with Crippen molar-refractivity contribution in [3.63, 3.8) is 0 Å². The van der Waals surface area contributed by atoms with E-state index in [1.165, 1.54) is 56.9 Å². The van der Waals surface area contributed by atoms with Crippen LogP contribution in [0.2, 0.25) is 0 Å². The van der Waals surface area contributed by atoms with Gasteiger partial charge in [-0.1, -0.05) is 77.0 Å². The van der Waals surface area contributed by atoms with Crippen molar-refractivity contribution >= 4 is 5.97 Å². The number of benzene rings is 2. The summed E-state index contributed by atoms with van der Waals surface area (Å²) < 4.78 is 11.4. The Morgan fingerprint density at radius 2 is 1.39 bits per heavy atom. The van der Waals surface area contributed by atoms with Gasteiger partial charge in [-0.15, -0.1) is 0 Å². The Labute approximate surface area is 217 Å². The van der Waals surface area contributed by atoms with Crippen LogP contribution in [-0.4, -0.2) is 17.6 Å². The van der Waals surface area contributed by atoms with Crippen LogP contribution in [0.25, 0.3) is 11.3 Å². The van der Waals surface area contributed by atoms with E-state index in [9.17, 15) is 4.79 Å². The normalized spacial score (nSPS) is 10.9. The number of nitrogens with zero attached hydrogens (tertiary/aromatic N) is 1. The van der Waals surface area contributed by atoms with Crippen LogP contribution in [0, 0.1) is 0 Å². The quantitative estimate of drug-likeness (QED) is 0.115. The smallest absolute Gasteiger partial charge is 0.343 e. The molecule has 36 heavy (non-hydrogen) atoms.